The summed E-state index contributed by atoms with van der Waals surface area (Å²) in [7, 11) is 0. The van der Waals surface area contributed by atoms with Crippen LogP contribution in [0.1, 0.15) is 17.0 Å². The van der Waals surface area contributed by atoms with Gasteiger partial charge < -0.3 is 9.94 Å². The van der Waals surface area contributed by atoms with Crippen molar-refractivity contribution in [3.05, 3.63) is 69.8 Å². The Labute approximate surface area is 154 Å². The number of hydrogen-bond donors (Lipinski definition) is 2. The molecule has 0 saturated heterocycles. The SMILES string of the molecule is Cc1ccc(/C=N/NC(=O)COn2c(C)nc3ccccc3c2=O)c(O)c1. The van der Waals surface area contributed by atoms with Crippen molar-refractivity contribution in [2.45, 2.75) is 13.8 Å². The van der Waals surface area contributed by atoms with Gasteiger partial charge in [-0.25, -0.2) is 10.4 Å². The van der Waals surface area contributed by atoms with E-state index in [1.807, 2.05) is 13.0 Å². The van der Waals surface area contributed by atoms with E-state index in [1.165, 1.54) is 6.21 Å². The summed E-state index contributed by atoms with van der Waals surface area (Å²) in [6.45, 7) is 3.05. The van der Waals surface area contributed by atoms with Crippen LogP contribution in [0.2, 0.25) is 0 Å². The molecule has 0 aliphatic rings. The van der Waals surface area contributed by atoms with Crippen LogP contribution in [0, 0.1) is 13.8 Å². The average Bonchev–Trinajstić information content (AvgIpc) is 2.63. The first-order chi connectivity index (χ1) is 13.0. The minimum absolute atomic E-state index is 0.0636. The monoisotopic (exact) mass is 366 g/mol. The Morgan fingerprint density at radius 3 is 2.85 bits per heavy atom. The van der Waals surface area contributed by atoms with Gasteiger partial charge in [0.25, 0.3) is 11.5 Å². The number of benzene rings is 2. The number of nitrogens with one attached hydrogen (secondary N) is 1. The molecule has 3 aromatic rings. The molecule has 2 aromatic carbocycles. The lowest BCUT2D eigenvalue weighted by Crippen LogP contribution is -2.35. The fraction of sp³-hybridized carbons (Fsp3) is 0.158. The van der Waals surface area contributed by atoms with Gasteiger partial charge in [0.2, 0.25) is 0 Å². The van der Waals surface area contributed by atoms with Crippen LogP contribution in [0.5, 0.6) is 5.75 Å². The molecule has 27 heavy (non-hydrogen) atoms. The zero-order chi connectivity index (χ0) is 19.4. The maximum Gasteiger partial charge on any atom is 0.294 e. The van der Waals surface area contributed by atoms with E-state index in [1.54, 1.807) is 43.3 Å². The van der Waals surface area contributed by atoms with Crippen molar-refractivity contribution in [2.24, 2.45) is 5.10 Å². The van der Waals surface area contributed by atoms with Gasteiger partial charge in [-0.3, -0.25) is 9.59 Å². The second kappa shape index (κ2) is 7.69. The number of rotatable bonds is 5. The molecule has 1 heterocycles. The van der Waals surface area contributed by atoms with Crippen LogP contribution in [0.25, 0.3) is 10.9 Å². The van der Waals surface area contributed by atoms with Gasteiger partial charge in [-0.05, 0) is 43.7 Å². The molecule has 8 heteroatoms. The molecule has 3 rings (SSSR count). The Balaban J connectivity index is 1.65. The van der Waals surface area contributed by atoms with E-state index in [9.17, 15) is 14.7 Å². The first kappa shape index (κ1) is 18.1. The lowest BCUT2D eigenvalue weighted by Gasteiger charge is -2.11. The van der Waals surface area contributed by atoms with Gasteiger partial charge >= 0.3 is 0 Å². The highest BCUT2D eigenvalue weighted by Gasteiger charge is 2.10. The molecule has 0 spiro atoms. The molecule has 0 aliphatic carbocycles. The Bertz CT molecular complexity index is 1090. The van der Waals surface area contributed by atoms with E-state index in [-0.39, 0.29) is 11.3 Å². The second-order valence-corrected chi connectivity index (χ2v) is 5.90. The number of amides is 1. The molecule has 0 fully saturated rings. The number of hydrazone groups is 1. The number of aryl methyl sites for hydroxylation is 2. The number of aromatic nitrogens is 2. The molecular weight excluding hydrogens is 348 g/mol. The molecule has 0 atom stereocenters. The number of carbonyl (C=O) groups excluding carboxylic acids is 1. The molecule has 0 saturated carbocycles. The van der Waals surface area contributed by atoms with E-state index in [0.717, 1.165) is 10.3 Å². The van der Waals surface area contributed by atoms with Crippen molar-refractivity contribution in [1.82, 2.24) is 15.1 Å². The van der Waals surface area contributed by atoms with Gasteiger partial charge in [-0.1, -0.05) is 18.2 Å². The van der Waals surface area contributed by atoms with Crippen LogP contribution in [-0.4, -0.2) is 33.5 Å². The smallest absolute Gasteiger partial charge is 0.294 e. The van der Waals surface area contributed by atoms with Crippen molar-refractivity contribution in [1.29, 1.82) is 0 Å². The third-order valence-corrected chi connectivity index (χ3v) is 3.80. The van der Waals surface area contributed by atoms with E-state index in [2.05, 4.69) is 15.5 Å². The third kappa shape index (κ3) is 4.12. The maximum atomic E-state index is 12.4. The minimum atomic E-state index is -0.558. The second-order valence-electron chi connectivity index (χ2n) is 5.90. The Morgan fingerprint density at radius 1 is 1.30 bits per heavy atom. The van der Waals surface area contributed by atoms with Gasteiger partial charge in [-0.15, -0.1) is 4.73 Å². The van der Waals surface area contributed by atoms with Gasteiger partial charge in [0, 0.05) is 5.56 Å². The highest BCUT2D eigenvalue weighted by atomic mass is 16.7. The topological polar surface area (TPSA) is 106 Å². The summed E-state index contributed by atoms with van der Waals surface area (Å²) in [5.74, 6) is -0.162. The molecule has 1 aromatic heterocycles. The summed E-state index contributed by atoms with van der Waals surface area (Å²) >= 11 is 0. The van der Waals surface area contributed by atoms with Crippen molar-refractivity contribution in [3.63, 3.8) is 0 Å². The van der Waals surface area contributed by atoms with E-state index >= 15 is 0 Å². The van der Waals surface area contributed by atoms with Crippen LogP contribution in [0.3, 0.4) is 0 Å². The average molecular weight is 366 g/mol. The summed E-state index contributed by atoms with van der Waals surface area (Å²) in [4.78, 5) is 33.9. The summed E-state index contributed by atoms with van der Waals surface area (Å²) in [6.07, 6.45) is 1.32. The van der Waals surface area contributed by atoms with E-state index < -0.39 is 12.5 Å². The molecule has 2 N–H and O–H groups in total. The van der Waals surface area contributed by atoms with Gasteiger partial charge in [-0.2, -0.15) is 5.10 Å². The highest BCUT2D eigenvalue weighted by molar-refractivity contribution is 5.85. The van der Waals surface area contributed by atoms with Crippen molar-refractivity contribution < 1.29 is 14.7 Å². The van der Waals surface area contributed by atoms with Crippen LogP contribution in [0.15, 0.2) is 52.4 Å². The molecule has 138 valence electrons. The van der Waals surface area contributed by atoms with Crippen LogP contribution in [-0.2, 0) is 4.79 Å². The fourth-order valence-electron chi connectivity index (χ4n) is 2.47. The van der Waals surface area contributed by atoms with Gasteiger partial charge in [0.15, 0.2) is 6.61 Å². The Hall–Kier alpha value is -3.68. The summed E-state index contributed by atoms with van der Waals surface area (Å²) in [5.41, 5.74) is 3.82. The summed E-state index contributed by atoms with van der Waals surface area (Å²) in [6, 6.07) is 12.0. The molecule has 8 nitrogen and oxygen atoms in total. The standard InChI is InChI=1S/C19H18N4O4/c1-12-7-8-14(17(24)9-12)10-20-22-18(25)11-27-23-13(2)21-16-6-4-3-5-15(16)19(23)26/h3-10,24H,11H2,1-2H3,(H,22,25)/b20-10+. The van der Waals surface area contributed by atoms with Crippen LogP contribution in [0.4, 0.5) is 0 Å². The van der Waals surface area contributed by atoms with Crippen LogP contribution >= 0.6 is 0 Å². The first-order valence-electron chi connectivity index (χ1n) is 8.19. The summed E-state index contributed by atoms with van der Waals surface area (Å²) < 4.78 is 0.984. The van der Waals surface area contributed by atoms with Gasteiger partial charge in [0.1, 0.15) is 11.6 Å². The molecule has 0 radical (unpaired) electrons. The maximum absolute atomic E-state index is 12.4. The van der Waals surface area contributed by atoms with E-state index in [0.29, 0.717) is 22.3 Å². The number of fused-ring (bicyclic) bond motifs is 1. The zero-order valence-corrected chi connectivity index (χ0v) is 14.8. The van der Waals surface area contributed by atoms with Crippen molar-refractivity contribution >= 4 is 23.0 Å². The van der Waals surface area contributed by atoms with Gasteiger partial charge in [0.05, 0.1) is 17.1 Å². The van der Waals surface area contributed by atoms with Crippen LogP contribution < -0.4 is 15.8 Å². The summed E-state index contributed by atoms with van der Waals surface area (Å²) in [5, 5.41) is 14.0. The number of phenolic OH excluding ortho intramolecular Hbond substituents is 1. The largest absolute Gasteiger partial charge is 0.507 e. The quantitative estimate of drug-likeness (QED) is 0.523. The lowest BCUT2D eigenvalue weighted by atomic mass is 10.1. The molecular formula is C19H18N4O4. The number of aromatic hydroxyl groups is 1. The molecule has 0 bridgehead atoms. The third-order valence-electron chi connectivity index (χ3n) is 3.80. The minimum Gasteiger partial charge on any atom is -0.507 e. The Kier molecular flexibility index (Phi) is 5.16. The first-order valence-corrected chi connectivity index (χ1v) is 8.19. The predicted molar refractivity (Wildman–Crippen MR) is 101 cm³/mol. The normalized spacial score (nSPS) is 11.0. The van der Waals surface area contributed by atoms with Crippen molar-refractivity contribution in [3.8, 4) is 5.75 Å². The number of para-hydroxylation sites is 1. The number of nitrogens with zero attached hydrogens (tertiary/aromatic N) is 3. The fourth-order valence-corrected chi connectivity index (χ4v) is 2.47. The predicted octanol–water partition coefficient (Wildman–Crippen LogP) is 1.30. The Morgan fingerprint density at radius 2 is 2.07 bits per heavy atom. The molecule has 0 aliphatic heterocycles. The highest BCUT2D eigenvalue weighted by Crippen LogP contribution is 2.15. The zero-order valence-electron chi connectivity index (χ0n) is 14.8. The van der Waals surface area contributed by atoms with E-state index in [4.69, 9.17) is 4.84 Å². The lowest BCUT2D eigenvalue weighted by molar-refractivity contribution is -0.126. The number of phenols is 1. The molecule has 0 unspecified atom stereocenters. The van der Waals surface area contributed by atoms with Crippen molar-refractivity contribution in [2.75, 3.05) is 6.61 Å². The molecule has 1 amide bonds. The number of carbonyl (C=O) groups is 1. The number of hydrogen-bond acceptors (Lipinski definition) is 6.